The average Bonchev–Trinajstić information content (AvgIpc) is 2.49. The summed E-state index contributed by atoms with van der Waals surface area (Å²) in [4.78, 5) is 16.4. The molecule has 1 rings (SSSR count). The van der Waals surface area contributed by atoms with E-state index in [9.17, 15) is 4.79 Å². The van der Waals surface area contributed by atoms with E-state index in [0.29, 0.717) is 5.91 Å². The third-order valence-electron chi connectivity index (χ3n) is 4.26. The molecule has 1 aliphatic rings. The van der Waals surface area contributed by atoms with Gasteiger partial charge in [-0.05, 0) is 38.1 Å². The molecule has 0 saturated carbocycles. The zero-order valence-corrected chi connectivity index (χ0v) is 15.1. The summed E-state index contributed by atoms with van der Waals surface area (Å²) in [6.45, 7) is 15.2. The van der Waals surface area contributed by atoms with Gasteiger partial charge >= 0.3 is 0 Å². The normalized spacial score (nSPS) is 16.7. The second kappa shape index (κ2) is 11.0. The molecule has 130 valence electrons. The molecule has 0 aliphatic carbocycles. The average molecular weight is 312 g/mol. The van der Waals surface area contributed by atoms with Crippen molar-refractivity contribution in [2.75, 3.05) is 45.9 Å². The number of ether oxygens (including phenoxy) is 1. The molecule has 0 unspecified atom stereocenters. The van der Waals surface area contributed by atoms with Gasteiger partial charge in [0.05, 0.1) is 0 Å². The first-order chi connectivity index (χ1) is 10.5. The van der Waals surface area contributed by atoms with Crippen molar-refractivity contribution in [3.05, 3.63) is 0 Å². The van der Waals surface area contributed by atoms with Crippen LogP contribution in [0, 0.1) is 11.8 Å². The molecule has 1 fully saturated rings. The molecule has 0 spiro atoms. The summed E-state index contributed by atoms with van der Waals surface area (Å²) < 4.78 is 5.68. The summed E-state index contributed by atoms with van der Waals surface area (Å²) >= 11 is 0. The number of hydrogen-bond donors (Lipinski definition) is 0. The Labute approximate surface area is 137 Å². The first-order valence-electron chi connectivity index (χ1n) is 9.09. The van der Waals surface area contributed by atoms with Gasteiger partial charge in [0, 0.05) is 45.3 Å². The Morgan fingerprint density at radius 2 is 1.59 bits per heavy atom. The number of carbonyl (C=O) groups is 1. The van der Waals surface area contributed by atoms with Crippen LogP contribution in [0.25, 0.3) is 0 Å². The van der Waals surface area contributed by atoms with Gasteiger partial charge in [-0.3, -0.25) is 9.69 Å². The van der Waals surface area contributed by atoms with Crippen molar-refractivity contribution < 1.29 is 9.53 Å². The number of unbranched alkanes of at least 4 members (excludes halogenated alkanes) is 1. The number of amides is 1. The second-order valence-corrected chi connectivity index (χ2v) is 7.18. The molecule has 0 N–H and O–H groups in total. The van der Waals surface area contributed by atoms with E-state index < -0.39 is 0 Å². The van der Waals surface area contributed by atoms with Crippen LogP contribution >= 0.6 is 0 Å². The molecule has 1 saturated heterocycles. The Bertz CT molecular complexity index is 297. The molecule has 1 aliphatic heterocycles. The first-order valence-corrected chi connectivity index (χ1v) is 9.09. The predicted octanol–water partition coefficient (Wildman–Crippen LogP) is 3.02. The maximum Gasteiger partial charge on any atom is 0.225 e. The van der Waals surface area contributed by atoms with Crippen LogP contribution < -0.4 is 0 Å². The highest BCUT2D eigenvalue weighted by molar-refractivity contribution is 5.78. The Morgan fingerprint density at radius 3 is 2.18 bits per heavy atom. The highest BCUT2D eigenvalue weighted by Gasteiger charge is 2.22. The molecular formula is C18H36N2O2. The van der Waals surface area contributed by atoms with Crippen molar-refractivity contribution in [1.29, 1.82) is 0 Å². The minimum Gasteiger partial charge on any atom is -0.381 e. The highest BCUT2D eigenvalue weighted by Crippen LogP contribution is 2.08. The molecule has 4 heteroatoms. The molecular weight excluding hydrogens is 276 g/mol. The van der Waals surface area contributed by atoms with Gasteiger partial charge in [0.2, 0.25) is 5.91 Å². The van der Waals surface area contributed by atoms with Crippen molar-refractivity contribution in [1.82, 2.24) is 9.80 Å². The number of piperazine rings is 1. The van der Waals surface area contributed by atoms with Gasteiger partial charge in [0.1, 0.15) is 0 Å². The lowest BCUT2D eigenvalue weighted by molar-refractivity contribution is -0.136. The van der Waals surface area contributed by atoms with Gasteiger partial charge in [0.25, 0.3) is 0 Å². The molecule has 0 radical (unpaired) electrons. The van der Waals surface area contributed by atoms with Crippen molar-refractivity contribution in [3.8, 4) is 0 Å². The van der Waals surface area contributed by atoms with Crippen LogP contribution in [0.5, 0.6) is 0 Å². The topological polar surface area (TPSA) is 32.8 Å². The zero-order valence-electron chi connectivity index (χ0n) is 15.1. The van der Waals surface area contributed by atoms with Crippen LogP contribution in [0.1, 0.15) is 53.4 Å². The van der Waals surface area contributed by atoms with E-state index in [-0.39, 0.29) is 5.92 Å². The van der Waals surface area contributed by atoms with E-state index in [1.54, 1.807) is 0 Å². The van der Waals surface area contributed by atoms with Crippen molar-refractivity contribution in [2.45, 2.75) is 53.4 Å². The summed E-state index contributed by atoms with van der Waals surface area (Å²) in [6.07, 6.45) is 4.79. The monoisotopic (exact) mass is 312 g/mol. The molecule has 0 aromatic rings. The highest BCUT2D eigenvalue weighted by atomic mass is 16.5. The fourth-order valence-electron chi connectivity index (χ4n) is 2.79. The van der Waals surface area contributed by atoms with Gasteiger partial charge in [0.15, 0.2) is 0 Å². The van der Waals surface area contributed by atoms with Crippen LogP contribution in [0.4, 0.5) is 0 Å². The fourth-order valence-corrected chi connectivity index (χ4v) is 2.79. The fraction of sp³-hybridized carbons (Fsp3) is 0.944. The lowest BCUT2D eigenvalue weighted by atomic mass is 10.1. The first kappa shape index (κ1) is 19.4. The van der Waals surface area contributed by atoms with Crippen molar-refractivity contribution in [3.63, 3.8) is 0 Å². The number of nitrogens with zero attached hydrogens (tertiary/aromatic N) is 2. The van der Waals surface area contributed by atoms with Crippen molar-refractivity contribution >= 4 is 5.91 Å². The van der Waals surface area contributed by atoms with Gasteiger partial charge in [-0.1, -0.05) is 27.7 Å². The number of rotatable bonds is 10. The molecule has 0 aromatic carbocycles. The quantitative estimate of drug-likeness (QED) is 0.581. The molecule has 4 nitrogen and oxygen atoms in total. The third-order valence-corrected chi connectivity index (χ3v) is 4.26. The van der Waals surface area contributed by atoms with Gasteiger partial charge in [-0.2, -0.15) is 0 Å². The predicted molar refractivity (Wildman–Crippen MR) is 92.0 cm³/mol. The molecule has 0 bridgehead atoms. The maximum absolute atomic E-state index is 11.9. The summed E-state index contributed by atoms with van der Waals surface area (Å²) in [5, 5.41) is 0. The SMILES string of the molecule is CC(C)CCCOCCCCN1CCN(C(=O)C(C)C)CC1. The van der Waals surface area contributed by atoms with Crippen LogP contribution in [-0.4, -0.2) is 61.6 Å². The van der Waals surface area contributed by atoms with E-state index in [1.165, 1.54) is 19.3 Å². The Hall–Kier alpha value is -0.610. The van der Waals surface area contributed by atoms with Crippen LogP contribution in [0.3, 0.4) is 0 Å². The molecule has 1 heterocycles. The van der Waals surface area contributed by atoms with Crippen molar-refractivity contribution in [2.24, 2.45) is 11.8 Å². The van der Waals surface area contributed by atoms with Gasteiger partial charge in [-0.25, -0.2) is 0 Å². The number of hydrogen-bond acceptors (Lipinski definition) is 3. The Morgan fingerprint density at radius 1 is 0.955 bits per heavy atom. The van der Waals surface area contributed by atoms with E-state index in [0.717, 1.165) is 58.3 Å². The molecule has 22 heavy (non-hydrogen) atoms. The zero-order chi connectivity index (χ0) is 16.4. The standard InChI is InChI=1S/C18H36N2O2/c1-16(2)8-7-15-22-14-6-5-9-19-10-12-20(13-11-19)18(21)17(3)4/h16-17H,5-15H2,1-4H3. The summed E-state index contributed by atoms with van der Waals surface area (Å²) in [6, 6.07) is 0. The molecule has 0 aromatic heterocycles. The van der Waals surface area contributed by atoms with Gasteiger partial charge in [-0.15, -0.1) is 0 Å². The minimum atomic E-state index is 0.124. The number of carbonyl (C=O) groups excluding carboxylic acids is 1. The summed E-state index contributed by atoms with van der Waals surface area (Å²) in [5.74, 6) is 1.21. The molecule has 0 atom stereocenters. The smallest absolute Gasteiger partial charge is 0.225 e. The largest absolute Gasteiger partial charge is 0.381 e. The van der Waals surface area contributed by atoms with Crippen LogP contribution in [-0.2, 0) is 9.53 Å². The van der Waals surface area contributed by atoms with E-state index in [4.69, 9.17) is 4.74 Å². The Kier molecular flexibility index (Phi) is 9.73. The van der Waals surface area contributed by atoms with Gasteiger partial charge < -0.3 is 9.64 Å². The molecule has 1 amide bonds. The lowest BCUT2D eigenvalue weighted by Gasteiger charge is -2.35. The Balaban J connectivity index is 1.96. The van der Waals surface area contributed by atoms with Crippen LogP contribution in [0.2, 0.25) is 0 Å². The van der Waals surface area contributed by atoms with E-state index >= 15 is 0 Å². The lowest BCUT2D eigenvalue weighted by Crippen LogP contribution is -2.49. The third kappa shape index (κ3) is 8.14. The van der Waals surface area contributed by atoms with E-state index in [1.807, 2.05) is 18.7 Å². The second-order valence-electron chi connectivity index (χ2n) is 7.18. The van der Waals surface area contributed by atoms with Crippen LogP contribution in [0.15, 0.2) is 0 Å². The minimum absolute atomic E-state index is 0.124. The maximum atomic E-state index is 11.9. The summed E-state index contributed by atoms with van der Waals surface area (Å²) in [7, 11) is 0. The summed E-state index contributed by atoms with van der Waals surface area (Å²) in [5.41, 5.74) is 0. The van der Waals surface area contributed by atoms with E-state index in [2.05, 4.69) is 18.7 Å².